The van der Waals surface area contributed by atoms with Gasteiger partial charge in [0.15, 0.2) is 0 Å². The van der Waals surface area contributed by atoms with Crippen molar-refractivity contribution < 1.29 is 0 Å². The molecule has 0 bridgehead atoms. The first-order valence-corrected chi connectivity index (χ1v) is 6.96. The van der Waals surface area contributed by atoms with Crippen molar-refractivity contribution in [2.45, 2.75) is 58.4 Å². The van der Waals surface area contributed by atoms with Gasteiger partial charge in [0, 0.05) is 19.1 Å². The molecular weight excluding hydrogens is 196 g/mol. The lowest BCUT2D eigenvalue weighted by molar-refractivity contribution is 0.188. The van der Waals surface area contributed by atoms with Crippen LogP contribution in [0.2, 0.25) is 0 Å². The third-order valence-electron chi connectivity index (χ3n) is 3.86. The summed E-state index contributed by atoms with van der Waals surface area (Å²) in [6.45, 7) is 7.05. The molecule has 0 saturated heterocycles. The van der Waals surface area contributed by atoms with E-state index in [2.05, 4.69) is 38.2 Å². The fourth-order valence-corrected chi connectivity index (χ4v) is 3.11. The van der Waals surface area contributed by atoms with Crippen LogP contribution in [-0.4, -0.2) is 38.1 Å². The van der Waals surface area contributed by atoms with E-state index < -0.39 is 0 Å². The first-order valence-electron chi connectivity index (χ1n) is 6.96. The Morgan fingerprint density at radius 1 is 1.25 bits per heavy atom. The predicted octanol–water partition coefficient (Wildman–Crippen LogP) is 2.89. The van der Waals surface area contributed by atoms with Crippen molar-refractivity contribution >= 4 is 0 Å². The number of nitrogens with one attached hydrogen (secondary N) is 1. The number of hydrogen-bond donors (Lipinski definition) is 1. The van der Waals surface area contributed by atoms with Gasteiger partial charge in [-0.1, -0.05) is 26.2 Å². The molecule has 0 heterocycles. The second-order valence-corrected chi connectivity index (χ2v) is 6.02. The van der Waals surface area contributed by atoms with Crippen LogP contribution in [0, 0.1) is 5.41 Å². The molecule has 1 N–H and O–H groups in total. The van der Waals surface area contributed by atoms with Gasteiger partial charge in [-0.25, -0.2) is 0 Å². The van der Waals surface area contributed by atoms with E-state index in [0.717, 1.165) is 0 Å². The number of nitrogens with zero attached hydrogens (tertiary/aromatic N) is 1. The van der Waals surface area contributed by atoms with Gasteiger partial charge in [-0.3, -0.25) is 0 Å². The molecule has 16 heavy (non-hydrogen) atoms. The lowest BCUT2D eigenvalue weighted by Gasteiger charge is -2.33. The quantitative estimate of drug-likeness (QED) is 0.718. The SMILES string of the molecule is CCCC(C)NCC1(CN(C)C)CCCC1. The molecule has 1 saturated carbocycles. The molecule has 1 aliphatic rings. The van der Waals surface area contributed by atoms with Crippen LogP contribution in [0.5, 0.6) is 0 Å². The van der Waals surface area contributed by atoms with Crippen LogP contribution >= 0.6 is 0 Å². The zero-order chi connectivity index (χ0) is 12.0. The molecule has 0 amide bonds. The molecule has 1 fully saturated rings. The Morgan fingerprint density at radius 3 is 2.38 bits per heavy atom. The molecule has 96 valence electrons. The zero-order valence-corrected chi connectivity index (χ0v) is 11.7. The summed E-state index contributed by atoms with van der Waals surface area (Å²) in [4.78, 5) is 2.36. The highest BCUT2D eigenvalue weighted by Gasteiger charge is 2.34. The van der Waals surface area contributed by atoms with E-state index in [1.165, 1.54) is 51.6 Å². The molecular formula is C14H30N2. The van der Waals surface area contributed by atoms with Crippen molar-refractivity contribution in [1.82, 2.24) is 10.2 Å². The van der Waals surface area contributed by atoms with Gasteiger partial charge in [0.2, 0.25) is 0 Å². The van der Waals surface area contributed by atoms with Gasteiger partial charge in [-0.2, -0.15) is 0 Å². The molecule has 0 aromatic rings. The highest BCUT2D eigenvalue weighted by molar-refractivity contribution is 4.89. The summed E-state index contributed by atoms with van der Waals surface area (Å²) in [5.41, 5.74) is 0.561. The van der Waals surface area contributed by atoms with Crippen LogP contribution in [0.4, 0.5) is 0 Å². The van der Waals surface area contributed by atoms with E-state index in [9.17, 15) is 0 Å². The van der Waals surface area contributed by atoms with Gasteiger partial charge >= 0.3 is 0 Å². The summed E-state index contributed by atoms with van der Waals surface area (Å²) in [6.07, 6.45) is 8.27. The van der Waals surface area contributed by atoms with Gasteiger partial charge in [0.05, 0.1) is 0 Å². The second-order valence-electron chi connectivity index (χ2n) is 6.02. The summed E-state index contributed by atoms with van der Waals surface area (Å²) in [5.74, 6) is 0. The minimum atomic E-state index is 0.561. The zero-order valence-electron chi connectivity index (χ0n) is 11.7. The topological polar surface area (TPSA) is 15.3 Å². The number of rotatable bonds is 7. The molecule has 2 nitrogen and oxygen atoms in total. The minimum Gasteiger partial charge on any atom is -0.314 e. The Kier molecular flexibility index (Phi) is 5.77. The van der Waals surface area contributed by atoms with Gasteiger partial charge in [0.25, 0.3) is 0 Å². The molecule has 0 aromatic carbocycles. The van der Waals surface area contributed by atoms with E-state index in [4.69, 9.17) is 0 Å². The molecule has 1 rings (SSSR count). The summed E-state index contributed by atoms with van der Waals surface area (Å²) < 4.78 is 0. The average molecular weight is 226 g/mol. The molecule has 0 spiro atoms. The molecule has 0 aromatic heterocycles. The van der Waals surface area contributed by atoms with Crippen molar-refractivity contribution in [2.75, 3.05) is 27.2 Å². The van der Waals surface area contributed by atoms with E-state index in [1.54, 1.807) is 0 Å². The molecule has 2 heteroatoms. The Labute approximate surface area is 102 Å². The maximum absolute atomic E-state index is 3.74. The first-order chi connectivity index (χ1) is 7.58. The fourth-order valence-electron chi connectivity index (χ4n) is 3.11. The van der Waals surface area contributed by atoms with E-state index >= 15 is 0 Å². The van der Waals surface area contributed by atoms with Gasteiger partial charge < -0.3 is 10.2 Å². The molecule has 1 aliphatic carbocycles. The van der Waals surface area contributed by atoms with Crippen LogP contribution in [0.1, 0.15) is 52.4 Å². The van der Waals surface area contributed by atoms with Gasteiger partial charge in [0.1, 0.15) is 0 Å². The Morgan fingerprint density at radius 2 is 1.88 bits per heavy atom. The lowest BCUT2D eigenvalue weighted by Crippen LogP contribution is -2.42. The standard InChI is InChI=1S/C14H30N2/c1-5-8-13(2)15-11-14(12-16(3)4)9-6-7-10-14/h13,15H,5-12H2,1-4H3. The smallest absolute Gasteiger partial charge is 0.00440 e. The van der Waals surface area contributed by atoms with Crippen molar-refractivity contribution in [3.63, 3.8) is 0 Å². The monoisotopic (exact) mass is 226 g/mol. The Bertz CT molecular complexity index is 183. The van der Waals surface area contributed by atoms with Gasteiger partial charge in [-0.05, 0) is 45.7 Å². The summed E-state index contributed by atoms with van der Waals surface area (Å²) >= 11 is 0. The molecule has 0 aliphatic heterocycles. The van der Waals surface area contributed by atoms with Crippen LogP contribution < -0.4 is 5.32 Å². The molecule has 1 atom stereocenters. The number of hydrogen-bond acceptors (Lipinski definition) is 2. The van der Waals surface area contributed by atoms with Crippen LogP contribution in [0.25, 0.3) is 0 Å². The maximum atomic E-state index is 3.74. The average Bonchev–Trinajstić information content (AvgIpc) is 2.64. The fraction of sp³-hybridized carbons (Fsp3) is 1.00. The molecule has 0 radical (unpaired) electrons. The van der Waals surface area contributed by atoms with Crippen LogP contribution in [0.3, 0.4) is 0 Å². The third-order valence-corrected chi connectivity index (χ3v) is 3.86. The minimum absolute atomic E-state index is 0.561. The largest absolute Gasteiger partial charge is 0.314 e. The second kappa shape index (κ2) is 6.61. The van der Waals surface area contributed by atoms with Crippen molar-refractivity contribution in [3.8, 4) is 0 Å². The summed E-state index contributed by atoms with van der Waals surface area (Å²) in [6, 6.07) is 0.685. The van der Waals surface area contributed by atoms with Crippen molar-refractivity contribution in [1.29, 1.82) is 0 Å². The van der Waals surface area contributed by atoms with Crippen LogP contribution in [-0.2, 0) is 0 Å². The highest BCUT2D eigenvalue weighted by Crippen LogP contribution is 2.38. The third kappa shape index (κ3) is 4.42. The maximum Gasteiger partial charge on any atom is 0.00440 e. The van der Waals surface area contributed by atoms with Crippen molar-refractivity contribution in [3.05, 3.63) is 0 Å². The van der Waals surface area contributed by atoms with Crippen LogP contribution in [0.15, 0.2) is 0 Å². The summed E-state index contributed by atoms with van der Waals surface area (Å²) in [7, 11) is 4.41. The van der Waals surface area contributed by atoms with E-state index in [-0.39, 0.29) is 0 Å². The molecule has 1 unspecified atom stereocenters. The lowest BCUT2D eigenvalue weighted by atomic mass is 9.85. The predicted molar refractivity (Wildman–Crippen MR) is 71.8 cm³/mol. The highest BCUT2D eigenvalue weighted by atomic mass is 15.1. The van der Waals surface area contributed by atoms with E-state index in [0.29, 0.717) is 11.5 Å². The Hall–Kier alpha value is -0.0800. The van der Waals surface area contributed by atoms with Gasteiger partial charge in [-0.15, -0.1) is 0 Å². The summed E-state index contributed by atoms with van der Waals surface area (Å²) in [5, 5.41) is 3.74. The Balaban J connectivity index is 2.39. The normalized spacial score (nSPS) is 21.6. The van der Waals surface area contributed by atoms with E-state index in [1.807, 2.05) is 0 Å². The van der Waals surface area contributed by atoms with Crippen molar-refractivity contribution in [2.24, 2.45) is 5.41 Å². The first kappa shape index (κ1) is 14.0.